The molecule has 0 spiro atoms. The second kappa shape index (κ2) is 11.4. The summed E-state index contributed by atoms with van der Waals surface area (Å²) >= 11 is 0. The van der Waals surface area contributed by atoms with Crippen LogP contribution in [0.3, 0.4) is 0 Å². The van der Waals surface area contributed by atoms with E-state index in [-0.39, 0.29) is 11.8 Å². The molecule has 3 aliphatic rings. The van der Waals surface area contributed by atoms with Crippen LogP contribution in [0.1, 0.15) is 78.6 Å². The summed E-state index contributed by atoms with van der Waals surface area (Å²) in [6.45, 7) is 8.33. The number of hydrogen-bond acceptors (Lipinski definition) is 2. The van der Waals surface area contributed by atoms with Gasteiger partial charge in [0.25, 0.3) is 0 Å². The Bertz CT molecular complexity index is 1800. The van der Waals surface area contributed by atoms with Crippen LogP contribution in [0.4, 0.5) is 0 Å². The zero-order valence-corrected chi connectivity index (χ0v) is 28.1. The van der Waals surface area contributed by atoms with Crippen molar-refractivity contribution in [3.8, 4) is 0 Å². The van der Waals surface area contributed by atoms with Gasteiger partial charge >= 0.3 is 0 Å². The quantitative estimate of drug-likeness (QED) is 0.193. The summed E-state index contributed by atoms with van der Waals surface area (Å²) in [5.41, 5.74) is 9.94. The molecule has 0 radical (unpaired) electrons. The predicted octanol–water partition coefficient (Wildman–Crippen LogP) is 9.62. The van der Waals surface area contributed by atoms with Crippen LogP contribution in [0.5, 0.6) is 0 Å². The molecule has 0 heterocycles. The summed E-state index contributed by atoms with van der Waals surface area (Å²) in [6, 6.07) is 50.9. The van der Waals surface area contributed by atoms with E-state index in [1.807, 2.05) is 0 Å². The van der Waals surface area contributed by atoms with E-state index in [0.29, 0.717) is 0 Å². The highest BCUT2D eigenvalue weighted by Crippen LogP contribution is 2.67. The van der Waals surface area contributed by atoms with Crippen molar-refractivity contribution < 1.29 is 10.2 Å². The highest BCUT2D eigenvalue weighted by atomic mass is 16.3. The Morgan fingerprint density at radius 3 is 0.750 bits per heavy atom. The van der Waals surface area contributed by atoms with Gasteiger partial charge in [0.05, 0.1) is 0 Å². The molecule has 3 aliphatic carbocycles. The van der Waals surface area contributed by atoms with Gasteiger partial charge in [-0.1, -0.05) is 168 Å². The van der Waals surface area contributed by atoms with E-state index in [1.54, 1.807) is 0 Å². The molecular formula is C46H42O2. The molecule has 0 fully saturated rings. The molecule has 2 heteroatoms. The van der Waals surface area contributed by atoms with Crippen molar-refractivity contribution in [1.82, 2.24) is 0 Å². The van der Waals surface area contributed by atoms with Crippen molar-refractivity contribution in [3.05, 3.63) is 212 Å². The molecule has 6 aromatic rings. The van der Waals surface area contributed by atoms with Gasteiger partial charge in [-0.3, -0.25) is 0 Å². The lowest BCUT2D eigenvalue weighted by atomic mass is 9.45. The lowest BCUT2D eigenvalue weighted by Gasteiger charge is -2.60. The van der Waals surface area contributed by atoms with Gasteiger partial charge in [0, 0.05) is 23.7 Å². The number of fused-ring (bicyclic) bond motifs is 1. The van der Waals surface area contributed by atoms with Crippen molar-refractivity contribution in [1.29, 1.82) is 0 Å². The van der Waals surface area contributed by atoms with Crippen LogP contribution >= 0.6 is 0 Å². The number of aryl methyl sites for hydroxylation is 4. The fraction of sp³-hybridized carbons (Fsp3) is 0.217. The van der Waals surface area contributed by atoms with Gasteiger partial charge < -0.3 is 10.2 Å². The average molecular weight is 627 g/mol. The number of rotatable bonds is 6. The van der Waals surface area contributed by atoms with Crippen LogP contribution in [0.15, 0.2) is 146 Å². The van der Waals surface area contributed by atoms with Crippen LogP contribution in [-0.4, -0.2) is 10.2 Å². The molecule has 2 atom stereocenters. The Balaban J connectivity index is 1.52. The topological polar surface area (TPSA) is 40.5 Å². The van der Waals surface area contributed by atoms with Crippen LogP contribution in [0.25, 0.3) is 0 Å². The molecule has 6 aromatic carbocycles. The lowest BCUT2D eigenvalue weighted by molar-refractivity contribution is -0.105. The first-order valence-electron chi connectivity index (χ1n) is 17.1. The lowest BCUT2D eigenvalue weighted by Crippen LogP contribution is -2.58. The van der Waals surface area contributed by atoms with E-state index in [1.165, 1.54) is 22.3 Å². The largest absolute Gasteiger partial charge is 0.380 e. The number of aliphatic hydroxyl groups is 2. The van der Waals surface area contributed by atoms with E-state index >= 15 is 0 Å². The fourth-order valence-electron chi connectivity index (χ4n) is 9.01. The van der Waals surface area contributed by atoms with Crippen molar-refractivity contribution in [2.24, 2.45) is 11.8 Å². The van der Waals surface area contributed by atoms with Crippen LogP contribution in [0, 0.1) is 39.5 Å². The minimum absolute atomic E-state index is 0.178. The SMILES string of the molecule is Cc1ccc(C(O)(c2ccc(C)cc2)C2C3c4ccccc4C(c4ccccc43)C2C(O)(c2ccc(C)cc2)c2ccc(C)cc2)cc1. The molecule has 0 amide bonds. The third-order valence-electron chi connectivity index (χ3n) is 11.4. The second-order valence-corrected chi connectivity index (χ2v) is 14.3. The summed E-state index contributed by atoms with van der Waals surface area (Å²) < 4.78 is 0. The average Bonchev–Trinajstić information content (AvgIpc) is 3.12. The van der Waals surface area contributed by atoms with Gasteiger partial charge in [-0.2, -0.15) is 0 Å². The molecule has 2 bridgehead atoms. The Morgan fingerprint density at radius 2 is 0.542 bits per heavy atom. The van der Waals surface area contributed by atoms with Crippen LogP contribution < -0.4 is 0 Å². The Kier molecular flexibility index (Phi) is 7.29. The molecule has 0 saturated carbocycles. The Labute approximate surface area is 284 Å². The first kappa shape index (κ1) is 30.6. The molecule has 48 heavy (non-hydrogen) atoms. The standard InChI is InChI=1S/C46H42O2/c1-29-13-21-33(22-14-29)45(47,34-23-15-30(2)16-24-34)43-41-37-9-5-7-11-39(37)42(40-12-8-6-10-38(40)41)44(43)46(48,35-25-17-31(3)18-26-35)36-27-19-32(4)20-28-36/h5-28,41-44,47-48H,1-4H3. The monoisotopic (exact) mass is 626 g/mol. The molecule has 2 unspecified atom stereocenters. The van der Waals surface area contributed by atoms with Crippen LogP contribution in [-0.2, 0) is 11.2 Å². The maximum Gasteiger partial charge on any atom is 0.119 e. The smallest absolute Gasteiger partial charge is 0.119 e. The summed E-state index contributed by atoms with van der Waals surface area (Å²) in [7, 11) is 0. The van der Waals surface area contributed by atoms with Crippen molar-refractivity contribution in [2.45, 2.75) is 50.7 Å². The van der Waals surface area contributed by atoms with Crippen molar-refractivity contribution in [3.63, 3.8) is 0 Å². The minimum atomic E-state index is -1.45. The molecule has 2 N–H and O–H groups in total. The molecule has 238 valence electrons. The predicted molar refractivity (Wildman–Crippen MR) is 194 cm³/mol. The van der Waals surface area contributed by atoms with Gasteiger partial charge in [0.15, 0.2) is 0 Å². The molecule has 0 aliphatic heterocycles. The van der Waals surface area contributed by atoms with Gasteiger partial charge in [-0.15, -0.1) is 0 Å². The van der Waals surface area contributed by atoms with E-state index < -0.39 is 23.0 Å². The fourth-order valence-corrected chi connectivity index (χ4v) is 9.01. The minimum Gasteiger partial charge on any atom is -0.380 e. The Morgan fingerprint density at radius 1 is 0.333 bits per heavy atom. The van der Waals surface area contributed by atoms with Crippen molar-refractivity contribution in [2.75, 3.05) is 0 Å². The van der Waals surface area contributed by atoms with Crippen LogP contribution in [0.2, 0.25) is 0 Å². The molecule has 0 aromatic heterocycles. The highest BCUT2D eigenvalue weighted by Gasteiger charge is 2.64. The molecule has 2 nitrogen and oxygen atoms in total. The van der Waals surface area contributed by atoms with Gasteiger partial charge in [-0.25, -0.2) is 0 Å². The first-order chi connectivity index (χ1) is 23.2. The summed E-state index contributed by atoms with van der Waals surface area (Å²) in [4.78, 5) is 0. The summed E-state index contributed by atoms with van der Waals surface area (Å²) in [5, 5.41) is 27.9. The normalized spacial score (nSPS) is 19.9. The molecule has 0 saturated heterocycles. The van der Waals surface area contributed by atoms with E-state index in [0.717, 1.165) is 44.5 Å². The van der Waals surface area contributed by atoms with Gasteiger partial charge in [-0.05, 0) is 72.2 Å². The van der Waals surface area contributed by atoms with E-state index in [9.17, 15) is 10.2 Å². The third kappa shape index (κ3) is 4.54. The molecule has 9 rings (SSSR count). The van der Waals surface area contributed by atoms with Gasteiger partial charge in [0.1, 0.15) is 11.2 Å². The third-order valence-corrected chi connectivity index (χ3v) is 11.4. The zero-order valence-electron chi connectivity index (χ0n) is 28.1. The van der Waals surface area contributed by atoms with Gasteiger partial charge in [0.2, 0.25) is 0 Å². The zero-order chi connectivity index (χ0) is 33.2. The Hall–Kier alpha value is -4.76. The van der Waals surface area contributed by atoms with E-state index in [2.05, 4.69) is 173 Å². The van der Waals surface area contributed by atoms with E-state index in [4.69, 9.17) is 0 Å². The second-order valence-electron chi connectivity index (χ2n) is 14.3. The maximum absolute atomic E-state index is 13.9. The first-order valence-corrected chi connectivity index (χ1v) is 17.1. The van der Waals surface area contributed by atoms with Crippen molar-refractivity contribution >= 4 is 0 Å². The maximum atomic E-state index is 13.9. The number of hydrogen-bond donors (Lipinski definition) is 2. The molecular weight excluding hydrogens is 585 g/mol. The number of benzene rings is 6. The summed E-state index contributed by atoms with van der Waals surface area (Å²) in [5.74, 6) is -1.24. The highest BCUT2D eigenvalue weighted by molar-refractivity contribution is 5.61. The summed E-state index contributed by atoms with van der Waals surface area (Å²) in [6.07, 6.45) is 0.